The van der Waals surface area contributed by atoms with Crippen LogP contribution in [0.2, 0.25) is 0 Å². The van der Waals surface area contributed by atoms with Crippen molar-refractivity contribution in [1.29, 1.82) is 0 Å². The molecule has 6 heteroatoms. The minimum Gasteiger partial charge on any atom is -0.379 e. The van der Waals surface area contributed by atoms with Crippen LogP contribution in [0.15, 0.2) is 30.3 Å². The Morgan fingerprint density at radius 1 is 0.483 bits per heavy atom. The summed E-state index contributed by atoms with van der Waals surface area (Å²) < 4.78 is 32.9. The minimum atomic E-state index is 0.564. The lowest BCUT2D eigenvalue weighted by molar-refractivity contribution is -0.0178. The van der Waals surface area contributed by atoms with Crippen molar-refractivity contribution in [2.24, 2.45) is 0 Å². The van der Waals surface area contributed by atoms with E-state index >= 15 is 0 Å². The lowest BCUT2D eigenvalue weighted by Gasteiger charge is -2.08. The zero-order valence-electron chi connectivity index (χ0n) is 18.1. The monoisotopic (exact) mass is 412 g/mol. The normalized spacial score (nSPS) is 11.2. The van der Waals surface area contributed by atoms with Gasteiger partial charge in [0.05, 0.1) is 72.7 Å². The molecule has 0 saturated carbocycles. The van der Waals surface area contributed by atoms with Crippen LogP contribution < -0.4 is 0 Å². The van der Waals surface area contributed by atoms with Crippen molar-refractivity contribution in [2.75, 3.05) is 72.7 Å². The van der Waals surface area contributed by atoms with E-state index in [2.05, 4.69) is 6.92 Å². The highest BCUT2D eigenvalue weighted by molar-refractivity contribution is 5.13. The molecule has 0 atom stereocenters. The summed E-state index contributed by atoms with van der Waals surface area (Å²) in [5.41, 5.74) is 1.17. The van der Waals surface area contributed by atoms with E-state index in [1.807, 2.05) is 30.3 Å². The number of benzene rings is 1. The molecule has 29 heavy (non-hydrogen) atoms. The Morgan fingerprint density at radius 2 is 0.931 bits per heavy atom. The molecule has 0 aliphatic rings. The highest BCUT2D eigenvalue weighted by Crippen LogP contribution is 2.00. The molecule has 0 spiro atoms. The van der Waals surface area contributed by atoms with Crippen molar-refractivity contribution in [3.05, 3.63) is 35.9 Å². The third-order valence-electron chi connectivity index (χ3n) is 4.11. The van der Waals surface area contributed by atoms with Gasteiger partial charge >= 0.3 is 0 Å². The molecule has 6 nitrogen and oxygen atoms in total. The topological polar surface area (TPSA) is 55.4 Å². The van der Waals surface area contributed by atoms with Gasteiger partial charge in [-0.1, -0.05) is 56.5 Å². The second kappa shape index (κ2) is 21.7. The SMILES string of the molecule is CCCCCCOCCOCCOCCOCCOCCOCc1ccccc1. The van der Waals surface area contributed by atoms with Gasteiger partial charge in [0.25, 0.3) is 0 Å². The van der Waals surface area contributed by atoms with E-state index in [9.17, 15) is 0 Å². The molecule has 1 aromatic carbocycles. The van der Waals surface area contributed by atoms with Gasteiger partial charge < -0.3 is 28.4 Å². The zero-order chi connectivity index (χ0) is 20.7. The van der Waals surface area contributed by atoms with Crippen LogP contribution in [0, 0.1) is 0 Å². The second-order valence-corrected chi connectivity index (χ2v) is 6.66. The molecule has 0 fully saturated rings. The second-order valence-electron chi connectivity index (χ2n) is 6.66. The van der Waals surface area contributed by atoms with Crippen molar-refractivity contribution in [1.82, 2.24) is 0 Å². The molecule has 0 heterocycles. The van der Waals surface area contributed by atoms with Crippen LogP contribution in [0.4, 0.5) is 0 Å². The number of unbranched alkanes of at least 4 members (excludes halogenated alkanes) is 3. The fraction of sp³-hybridized carbons (Fsp3) is 0.739. The molecule has 0 saturated heterocycles. The van der Waals surface area contributed by atoms with E-state index in [0.29, 0.717) is 72.7 Å². The fourth-order valence-corrected chi connectivity index (χ4v) is 2.49. The maximum atomic E-state index is 5.55. The first-order chi connectivity index (χ1) is 14.4. The first-order valence-corrected chi connectivity index (χ1v) is 10.9. The molecule has 0 N–H and O–H groups in total. The zero-order valence-corrected chi connectivity index (χ0v) is 18.1. The summed E-state index contributed by atoms with van der Waals surface area (Å²) in [4.78, 5) is 0. The molecule has 1 aromatic rings. The van der Waals surface area contributed by atoms with Crippen LogP contribution in [0.25, 0.3) is 0 Å². The van der Waals surface area contributed by atoms with Gasteiger partial charge in [0.1, 0.15) is 0 Å². The van der Waals surface area contributed by atoms with Gasteiger partial charge in [-0.2, -0.15) is 0 Å². The number of hydrogen-bond acceptors (Lipinski definition) is 6. The van der Waals surface area contributed by atoms with E-state index in [1.165, 1.54) is 24.8 Å². The summed E-state index contributed by atoms with van der Waals surface area (Å²) >= 11 is 0. The first-order valence-electron chi connectivity index (χ1n) is 10.9. The van der Waals surface area contributed by atoms with Gasteiger partial charge in [0.2, 0.25) is 0 Å². The lowest BCUT2D eigenvalue weighted by Crippen LogP contribution is -2.14. The van der Waals surface area contributed by atoms with Gasteiger partial charge in [-0.15, -0.1) is 0 Å². The molecule has 0 aliphatic carbocycles. The van der Waals surface area contributed by atoms with E-state index < -0.39 is 0 Å². The summed E-state index contributed by atoms with van der Waals surface area (Å²) in [6, 6.07) is 10.1. The molecule has 0 bridgehead atoms. The Bertz CT molecular complexity index is 429. The minimum absolute atomic E-state index is 0.564. The quantitative estimate of drug-likeness (QED) is 0.270. The van der Waals surface area contributed by atoms with Crippen molar-refractivity contribution in [3.63, 3.8) is 0 Å². The smallest absolute Gasteiger partial charge is 0.0718 e. The van der Waals surface area contributed by atoms with Gasteiger partial charge in [-0.3, -0.25) is 0 Å². The molecule has 1 rings (SSSR count). The van der Waals surface area contributed by atoms with E-state index in [0.717, 1.165) is 13.0 Å². The van der Waals surface area contributed by atoms with Crippen molar-refractivity contribution >= 4 is 0 Å². The molecule has 0 amide bonds. The first kappa shape index (κ1) is 26.0. The van der Waals surface area contributed by atoms with Crippen LogP contribution >= 0.6 is 0 Å². The third kappa shape index (κ3) is 18.7. The highest BCUT2D eigenvalue weighted by atomic mass is 16.6. The Morgan fingerprint density at radius 3 is 1.41 bits per heavy atom. The van der Waals surface area contributed by atoms with E-state index in [1.54, 1.807) is 0 Å². The van der Waals surface area contributed by atoms with Crippen LogP contribution in [0.3, 0.4) is 0 Å². The Labute approximate surface area is 176 Å². The van der Waals surface area contributed by atoms with Gasteiger partial charge in [-0.25, -0.2) is 0 Å². The summed E-state index contributed by atoms with van der Waals surface area (Å²) in [6.07, 6.45) is 4.94. The summed E-state index contributed by atoms with van der Waals surface area (Å²) in [5.74, 6) is 0. The number of ether oxygens (including phenoxy) is 6. The molecular weight excluding hydrogens is 372 g/mol. The van der Waals surface area contributed by atoms with Gasteiger partial charge in [-0.05, 0) is 12.0 Å². The maximum absolute atomic E-state index is 5.55. The van der Waals surface area contributed by atoms with Crippen LogP contribution in [0.5, 0.6) is 0 Å². The predicted molar refractivity (Wildman–Crippen MR) is 114 cm³/mol. The Hall–Kier alpha value is -1.02. The number of hydrogen-bond donors (Lipinski definition) is 0. The van der Waals surface area contributed by atoms with Gasteiger partial charge in [0, 0.05) is 6.61 Å². The summed E-state index contributed by atoms with van der Waals surface area (Å²) in [6.45, 7) is 9.54. The van der Waals surface area contributed by atoms with E-state index in [-0.39, 0.29) is 0 Å². The van der Waals surface area contributed by atoms with Crippen LogP contribution in [-0.2, 0) is 35.0 Å². The van der Waals surface area contributed by atoms with E-state index in [4.69, 9.17) is 28.4 Å². The average Bonchev–Trinajstić information content (AvgIpc) is 2.75. The van der Waals surface area contributed by atoms with Crippen molar-refractivity contribution < 1.29 is 28.4 Å². The van der Waals surface area contributed by atoms with Crippen LogP contribution in [-0.4, -0.2) is 72.7 Å². The standard InChI is InChI=1S/C23H40O6/c1-2-3-4-8-11-24-12-13-25-14-15-26-16-17-27-18-19-28-20-21-29-22-23-9-6-5-7-10-23/h5-7,9-10H,2-4,8,11-22H2,1H3. The molecule has 0 aliphatic heterocycles. The fourth-order valence-electron chi connectivity index (χ4n) is 2.49. The van der Waals surface area contributed by atoms with Crippen LogP contribution in [0.1, 0.15) is 38.2 Å². The van der Waals surface area contributed by atoms with Crippen molar-refractivity contribution in [3.8, 4) is 0 Å². The highest BCUT2D eigenvalue weighted by Gasteiger charge is 1.95. The summed E-state index contributed by atoms with van der Waals surface area (Å²) in [7, 11) is 0. The maximum Gasteiger partial charge on any atom is 0.0718 e. The molecule has 168 valence electrons. The molecule has 0 unspecified atom stereocenters. The van der Waals surface area contributed by atoms with Crippen molar-refractivity contribution in [2.45, 2.75) is 39.2 Å². The predicted octanol–water partition coefficient (Wildman–Crippen LogP) is 3.87. The summed E-state index contributed by atoms with van der Waals surface area (Å²) in [5, 5.41) is 0. The average molecular weight is 413 g/mol. The molecule has 0 radical (unpaired) electrons. The molecule has 0 aromatic heterocycles. The van der Waals surface area contributed by atoms with Gasteiger partial charge in [0.15, 0.2) is 0 Å². The number of rotatable bonds is 22. The lowest BCUT2D eigenvalue weighted by atomic mass is 10.2. The third-order valence-corrected chi connectivity index (χ3v) is 4.11. The molecular formula is C23H40O6. The largest absolute Gasteiger partial charge is 0.379 e. The Balaban J connectivity index is 1.66. The Kier molecular flexibility index (Phi) is 19.5.